The molecule has 9 heteroatoms. The summed E-state index contributed by atoms with van der Waals surface area (Å²) in [6, 6.07) is 13.2. The van der Waals surface area contributed by atoms with Crippen LogP contribution in [0.3, 0.4) is 0 Å². The van der Waals surface area contributed by atoms with Crippen molar-refractivity contribution in [2.75, 3.05) is 51.6 Å². The Hall–Kier alpha value is -4.08. The molecule has 2 heterocycles. The molecule has 2 aliphatic carbocycles. The van der Waals surface area contributed by atoms with Gasteiger partial charge in [0, 0.05) is 50.3 Å². The molecule has 2 aliphatic heterocycles. The molecule has 2 bridgehead atoms. The maximum atomic E-state index is 16.2. The number of hydrogen-bond acceptors (Lipinski definition) is 6. The lowest BCUT2D eigenvalue weighted by molar-refractivity contribution is -0.117. The molecule has 4 aliphatic rings. The van der Waals surface area contributed by atoms with Crippen molar-refractivity contribution in [3.63, 3.8) is 0 Å². The van der Waals surface area contributed by atoms with Crippen molar-refractivity contribution in [3.05, 3.63) is 76.6 Å². The molecule has 3 aromatic carbocycles. The maximum Gasteiger partial charge on any atom is 0.254 e. The molecule has 0 spiro atoms. The number of piperazine rings is 1. The summed E-state index contributed by atoms with van der Waals surface area (Å²) in [5.74, 6) is -0.657. The SMILES string of the molecule is CN1CCN(CCCNC(=O)/C2=C/CC3Cc4c(cc(F)c(NC(=O)CCCCC5CCCC5)c4Oc4cc5ccccc5cc43)C2=O)CC1. The number of fused-ring (bicyclic) bond motifs is 4. The van der Waals surface area contributed by atoms with Crippen molar-refractivity contribution in [2.24, 2.45) is 5.92 Å². The van der Waals surface area contributed by atoms with Gasteiger partial charge in [0.25, 0.3) is 5.91 Å². The van der Waals surface area contributed by atoms with Crippen LogP contribution in [0.25, 0.3) is 10.8 Å². The van der Waals surface area contributed by atoms with Crippen LogP contribution in [0.4, 0.5) is 10.1 Å². The van der Waals surface area contributed by atoms with Gasteiger partial charge in [-0.1, -0.05) is 68.9 Å². The number of rotatable bonds is 11. The molecule has 7 rings (SSSR count). The third-order valence-electron chi connectivity index (χ3n) is 11.2. The second kappa shape index (κ2) is 15.4. The van der Waals surface area contributed by atoms with Crippen LogP contribution < -0.4 is 15.4 Å². The van der Waals surface area contributed by atoms with Gasteiger partial charge in [-0.2, -0.15) is 0 Å². The molecule has 264 valence electrons. The summed E-state index contributed by atoms with van der Waals surface area (Å²) < 4.78 is 22.7. The van der Waals surface area contributed by atoms with E-state index in [1.165, 1.54) is 31.7 Å². The summed E-state index contributed by atoms with van der Waals surface area (Å²) in [7, 11) is 2.12. The average molecular weight is 681 g/mol. The van der Waals surface area contributed by atoms with Crippen molar-refractivity contribution < 1.29 is 23.5 Å². The summed E-state index contributed by atoms with van der Waals surface area (Å²) in [4.78, 5) is 45.6. The van der Waals surface area contributed by atoms with Crippen LogP contribution in [-0.4, -0.2) is 73.7 Å². The number of amides is 2. The molecular weight excluding hydrogens is 631 g/mol. The Morgan fingerprint density at radius 1 is 0.980 bits per heavy atom. The normalized spacial score (nSPS) is 20.6. The van der Waals surface area contributed by atoms with Gasteiger partial charge in [-0.25, -0.2) is 4.39 Å². The molecule has 0 aromatic heterocycles. The number of nitrogens with zero attached hydrogens (tertiary/aromatic N) is 2. The zero-order valence-electron chi connectivity index (χ0n) is 29.2. The zero-order valence-corrected chi connectivity index (χ0v) is 29.2. The van der Waals surface area contributed by atoms with Gasteiger partial charge in [0.2, 0.25) is 5.91 Å². The predicted molar refractivity (Wildman–Crippen MR) is 195 cm³/mol. The highest BCUT2D eigenvalue weighted by Gasteiger charge is 2.35. The van der Waals surface area contributed by atoms with Gasteiger partial charge in [-0.05, 0) is 85.6 Å². The van der Waals surface area contributed by atoms with E-state index in [9.17, 15) is 14.4 Å². The number of allylic oxidation sites excluding steroid dienone is 1. The lowest BCUT2D eigenvalue weighted by Crippen LogP contribution is -2.45. The lowest BCUT2D eigenvalue weighted by atomic mass is 9.82. The van der Waals surface area contributed by atoms with Crippen molar-refractivity contribution in [1.29, 1.82) is 0 Å². The summed E-state index contributed by atoms with van der Waals surface area (Å²) in [5.41, 5.74) is 1.52. The fourth-order valence-corrected chi connectivity index (χ4v) is 8.21. The summed E-state index contributed by atoms with van der Waals surface area (Å²) in [6.07, 6.45) is 11.6. The quantitative estimate of drug-likeness (QED) is 0.163. The fourth-order valence-electron chi connectivity index (χ4n) is 8.21. The highest BCUT2D eigenvalue weighted by molar-refractivity contribution is 6.26. The second-order valence-corrected chi connectivity index (χ2v) is 14.7. The molecule has 1 unspecified atom stereocenters. The maximum absolute atomic E-state index is 16.2. The Kier molecular flexibility index (Phi) is 10.6. The van der Waals surface area contributed by atoms with E-state index in [-0.39, 0.29) is 40.8 Å². The number of Topliss-reactive ketones (excluding diaryl/α,β-unsaturated/α-hetero) is 1. The number of carbonyl (C=O) groups excluding carboxylic acids is 3. The van der Waals surface area contributed by atoms with Gasteiger partial charge in [0.15, 0.2) is 17.3 Å². The van der Waals surface area contributed by atoms with Crippen LogP contribution in [0, 0.1) is 11.7 Å². The number of ketones is 1. The molecular formula is C41H49FN4O4. The highest BCUT2D eigenvalue weighted by Crippen LogP contribution is 2.49. The van der Waals surface area contributed by atoms with Gasteiger partial charge in [-0.3, -0.25) is 14.4 Å². The number of unbranched alkanes of at least 4 members (excludes halogenated alkanes) is 1. The monoisotopic (exact) mass is 680 g/mol. The minimum absolute atomic E-state index is 0.0178. The van der Waals surface area contributed by atoms with Crippen LogP contribution in [0.15, 0.2) is 54.1 Å². The molecule has 2 amide bonds. The second-order valence-electron chi connectivity index (χ2n) is 14.7. The van der Waals surface area contributed by atoms with E-state index in [0.29, 0.717) is 30.7 Å². The molecule has 2 fully saturated rings. The number of hydrogen-bond donors (Lipinski definition) is 2. The summed E-state index contributed by atoms with van der Waals surface area (Å²) in [6.45, 7) is 5.37. The van der Waals surface area contributed by atoms with Crippen LogP contribution in [0.1, 0.15) is 91.6 Å². The van der Waals surface area contributed by atoms with E-state index in [2.05, 4.69) is 33.5 Å². The zero-order chi connectivity index (χ0) is 34.6. The van der Waals surface area contributed by atoms with E-state index in [1.807, 2.05) is 30.3 Å². The fraction of sp³-hybridized carbons (Fsp3) is 0.488. The minimum atomic E-state index is -0.750. The highest BCUT2D eigenvalue weighted by atomic mass is 19.1. The molecule has 3 aromatic rings. The number of benzene rings is 3. The first kappa shape index (κ1) is 34.4. The molecule has 1 atom stereocenters. The Morgan fingerprint density at radius 3 is 2.52 bits per heavy atom. The first-order chi connectivity index (χ1) is 24.3. The molecule has 1 saturated carbocycles. The number of anilines is 1. The molecule has 0 radical (unpaired) electrons. The van der Waals surface area contributed by atoms with Gasteiger partial charge in [-0.15, -0.1) is 0 Å². The van der Waals surface area contributed by atoms with Crippen LogP contribution in [0.5, 0.6) is 11.5 Å². The Balaban J connectivity index is 1.15. The standard InChI is InChI=1S/C41H49FN4O4/c1-45-19-21-46(22-20-45)18-8-17-43-41(49)31-16-15-30-24-34-33(39(31)48)26-35(42)38(44-37(47)14-7-4-11-27-9-2-3-10-27)40(34)50-36-25-29-13-6-5-12-28(29)23-32(30)36/h5-6,12-13,16,23,25-27,30H,2-4,7-11,14-15,17-22,24H2,1H3,(H,43,49)(H,44,47)/b31-16+. The first-order valence-corrected chi connectivity index (χ1v) is 18.6. The third kappa shape index (κ3) is 7.64. The third-order valence-corrected chi connectivity index (χ3v) is 11.2. The van der Waals surface area contributed by atoms with E-state index >= 15 is 4.39 Å². The van der Waals surface area contributed by atoms with E-state index in [1.54, 1.807) is 6.08 Å². The Morgan fingerprint density at radius 2 is 1.74 bits per heavy atom. The number of nitrogens with one attached hydrogen (secondary N) is 2. The molecule has 1 saturated heterocycles. The Labute approximate surface area is 294 Å². The van der Waals surface area contributed by atoms with Crippen LogP contribution in [0.2, 0.25) is 0 Å². The number of likely N-dealkylation sites (N-methyl/N-ethyl adjacent to an activating group) is 1. The van der Waals surface area contributed by atoms with Gasteiger partial charge < -0.3 is 25.2 Å². The van der Waals surface area contributed by atoms with E-state index in [0.717, 1.165) is 80.7 Å². The molecule has 8 nitrogen and oxygen atoms in total. The molecule has 50 heavy (non-hydrogen) atoms. The summed E-state index contributed by atoms with van der Waals surface area (Å²) >= 11 is 0. The number of ether oxygens (including phenoxy) is 1. The summed E-state index contributed by atoms with van der Waals surface area (Å²) in [5, 5.41) is 7.80. The predicted octanol–water partition coefficient (Wildman–Crippen LogP) is 7.37. The van der Waals surface area contributed by atoms with E-state index in [4.69, 9.17) is 4.74 Å². The largest absolute Gasteiger partial charge is 0.454 e. The van der Waals surface area contributed by atoms with Gasteiger partial charge in [0.1, 0.15) is 11.4 Å². The van der Waals surface area contributed by atoms with Gasteiger partial charge in [0.05, 0.1) is 5.57 Å². The van der Waals surface area contributed by atoms with E-state index < -0.39 is 17.5 Å². The first-order valence-electron chi connectivity index (χ1n) is 18.6. The van der Waals surface area contributed by atoms with Crippen molar-refractivity contribution in [3.8, 4) is 11.5 Å². The smallest absolute Gasteiger partial charge is 0.254 e. The lowest BCUT2D eigenvalue weighted by Gasteiger charge is -2.32. The topological polar surface area (TPSA) is 91.0 Å². The molecule has 2 N–H and O–H groups in total. The average Bonchev–Trinajstić information content (AvgIpc) is 3.58. The van der Waals surface area contributed by atoms with Crippen LogP contribution in [-0.2, 0) is 16.0 Å². The Bertz CT molecular complexity index is 1790. The number of halogens is 1. The minimum Gasteiger partial charge on any atom is -0.454 e. The van der Waals surface area contributed by atoms with Crippen molar-refractivity contribution in [2.45, 2.75) is 76.5 Å². The van der Waals surface area contributed by atoms with Crippen molar-refractivity contribution >= 4 is 34.1 Å². The van der Waals surface area contributed by atoms with Crippen molar-refractivity contribution in [1.82, 2.24) is 15.1 Å². The van der Waals surface area contributed by atoms with Gasteiger partial charge >= 0.3 is 0 Å². The number of carbonyl (C=O) groups is 3. The van der Waals surface area contributed by atoms with Crippen LogP contribution >= 0.6 is 0 Å².